The second kappa shape index (κ2) is 3.64. The Labute approximate surface area is 66.0 Å². The topological polar surface area (TPSA) is 35.5 Å². The third-order valence-corrected chi connectivity index (χ3v) is 1.24. The lowest BCUT2D eigenvalue weighted by atomic mass is 10.3. The number of rotatable bonds is 2. The molecule has 0 aliphatic carbocycles. The van der Waals surface area contributed by atoms with Gasteiger partial charge >= 0.3 is 0 Å². The summed E-state index contributed by atoms with van der Waals surface area (Å²) in [6.07, 6.45) is 2.91. The van der Waals surface area contributed by atoms with Crippen LogP contribution in [0.4, 0.5) is 0 Å². The summed E-state index contributed by atoms with van der Waals surface area (Å²) >= 11 is 0. The smallest absolute Gasteiger partial charge is 0.181 e. The highest BCUT2D eigenvalue weighted by atomic mass is 16.7. The molecule has 3 nitrogen and oxygen atoms in total. The van der Waals surface area contributed by atoms with Gasteiger partial charge in [-0.25, -0.2) is 0 Å². The molecule has 0 saturated heterocycles. The standard InChI is InChI=1S/C8H12O3/c1-6(2)11-8-4-3-7(9)5-10-8/h3-4,6,8H,5H2,1-2H3/t8-/m1/s1. The van der Waals surface area contributed by atoms with Crippen LogP contribution in [0, 0.1) is 0 Å². The minimum atomic E-state index is -0.340. The van der Waals surface area contributed by atoms with Crippen molar-refractivity contribution in [2.45, 2.75) is 26.2 Å². The Balaban J connectivity index is 2.38. The first-order valence-electron chi connectivity index (χ1n) is 3.66. The van der Waals surface area contributed by atoms with Crippen LogP contribution < -0.4 is 0 Å². The van der Waals surface area contributed by atoms with Crippen molar-refractivity contribution in [3.8, 4) is 0 Å². The molecule has 0 fully saturated rings. The van der Waals surface area contributed by atoms with Crippen LogP contribution in [0.3, 0.4) is 0 Å². The average Bonchev–Trinajstić information content (AvgIpc) is 1.93. The summed E-state index contributed by atoms with van der Waals surface area (Å²) in [6, 6.07) is 0. The molecule has 3 heteroatoms. The van der Waals surface area contributed by atoms with Crippen molar-refractivity contribution in [3.05, 3.63) is 12.2 Å². The van der Waals surface area contributed by atoms with Crippen LogP contribution >= 0.6 is 0 Å². The molecular formula is C8H12O3. The molecule has 0 spiro atoms. The van der Waals surface area contributed by atoms with E-state index in [1.54, 1.807) is 6.08 Å². The van der Waals surface area contributed by atoms with Gasteiger partial charge in [-0.05, 0) is 26.0 Å². The maximum Gasteiger partial charge on any atom is 0.181 e. The zero-order chi connectivity index (χ0) is 8.27. The Kier molecular flexibility index (Phi) is 2.79. The first-order valence-corrected chi connectivity index (χ1v) is 3.66. The van der Waals surface area contributed by atoms with Crippen LogP contribution in [0.5, 0.6) is 0 Å². The quantitative estimate of drug-likeness (QED) is 0.595. The maximum atomic E-state index is 10.6. The third-order valence-electron chi connectivity index (χ3n) is 1.24. The van der Waals surface area contributed by atoms with E-state index in [4.69, 9.17) is 9.47 Å². The molecule has 0 aromatic heterocycles. The molecule has 0 bridgehead atoms. The van der Waals surface area contributed by atoms with Gasteiger partial charge in [-0.1, -0.05) is 0 Å². The predicted molar refractivity (Wildman–Crippen MR) is 40.1 cm³/mol. The van der Waals surface area contributed by atoms with Crippen LogP contribution in [0.1, 0.15) is 13.8 Å². The first kappa shape index (κ1) is 8.43. The second-order valence-electron chi connectivity index (χ2n) is 2.69. The van der Waals surface area contributed by atoms with Gasteiger partial charge in [-0.3, -0.25) is 4.79 Å². The fourth-order valence-corrected chi connectivity index (χ4v) is 0.807. The fourth-order valence-electron chi connectivity index (χ4n) is 0.807. The molecule has 0 amide bonds. The molecule has 0 N–H and O–H groups in total. The molecule has 0 aromatic rings. The highest BCUT2D eigenvalue weighted by molar-refractivity contribution is 5.91. The molecule has 0 saturated carbocycles. The SMILES string of the molecule is CC(C)O[C@@H]1C=CC(=O)CO1. The van der Waals surface area contributed by atoms with Crippen molar-refractivity contribution in [3.63, 3.8) is 0 Å². The molecule has 0 aromatic carbocycles. The van der Waals surface area contributed by atoms with Crippen molar-refractivity contribution < 1.29 is 14.3 Å². The Morgan fingerprint density at radius 2 is 2.45 bits per heavy atom. The average molecular weight is 156 g/mol. The molecule has 62 valence electrons. The highest BCUT2D eigenvalue weighted by Crippen LogP contribution is 2.05. The molecule has 1 aliphatic rings. The van der Waals surface area contributed by atoms with Crippen LogP contribution in [0.2, 0.25) is 0 Å². The van der Waals surface area contributed by atoms with E-state index in [0.29, 0.717) is 0 Å². The Morgan fingerprint density at radius 1 is 1.73 bits per heavy atom. The summed E-state index contributed by atoms with van der Waals surface area (Å²) in [6.45, 7) is 3.98. The zero-order valence-electron chi connectivity index (χ0n) is 6.74. The number of carbonyl (C=O) groups is 1. The van der Waals surface area contributed by atoms with E-state index in [1.807, 2.05) is 13.8 Å². The van der Waals surface area contributed by atoms with E-state index in [2.05, 4.69) is 0 Å². The van der Waals surface area contributed by atoms with Crippen molar-refractivity contribution in [1.29, 1.82) is 0 Å². The maximum absolute atomic E-state index is 10.6. The molecule has 1 atom stereocenters. The van der Waals surface area contributed by atoms with Crippen molar-refractivity contribution >= 4 is 5.78 Å². The minimum absolute atomic E-state index is 0.00592. The largest absolute Gasteiger partial charge is 0.346 e. The summed E-state index contributed by atoms with van der Waals surface area (Å²) in [7, 11) is 0. The van der Waals surface area contributed by atoms with Gasteiger partial charge in [0.25, 0.3) is 0 Å². The van der Waals surface area contributed by atoms with E-state index in [-0.39, 0.29) is 24.8 Å². The minimum Gasteiger partial charge on any atom is -0.346 e. The van der Waals surface area contributed by atoms with Crippen LogP contribution in [0.15, 0.2) is 12.2 Å². The number of carbonyl (C=O) groups excluding carboxylic acids is 1. The van der Waals surface area contributed by atoms with E-state index in [9.17, 15) is 4.79 Å². The number of hydrogen-bond acceptors (Lipinski definition) is 3. The lowest BCUT2D eigenvalue weighted by Gasteiger charge is -2.19. The molecule has 0 radical (unpaired) electrons. The lowest BCUT2D eigenvalue weighted by Crippen LogP contribution is -2.25. The van der Waals surface area contributed by atoms with Crippen LogP contribution in [0.25, 0.3) is 0 Å². The summed E-state index contributed by atoms with van der Waals surface area (Å²) in [5.41, 5.74) is 0. The van der Waals surface area contributed by atoms with Crippen molar-refractivity contribution in [2.75, 3.05) is 6.61 Å². The van der Waals surface area contributed by atoms with E-state index >= 15 is 0 Å². The number of hydrogen-bond donors (Lipinski definition) is 0. The van der Waals surface area contributed by atoms with Gasteiger partial charge in [0, 0.05) is 0 Å². The molecular weight excluding hydrogens is 144 g/mol. The van der Waals surface area contributed by atoms with Crippen molar-refractivity contribution in [2.24, 2.45) is 0 Å². The Morgan fingerprint density at radius 3 is 2.91 bits per heavy atom. The van der Waals surface area contributed by atoms with Crippen LogP contribution in [-0.4, -0.2) is 24.8 Å². The number of ether oxygens (including phenoxy) is 2. The highest BCUT2D eigenvalue weighted by Gasteiger charge is 2.13. The molecule has 11 heavy (non-hydrogen) atoms. The lowest BCUT2D eigenvalue weighted by molar-refractivity contribution is -0.151. The first-order chi connectivity index (χ1) is 5.18. The number of ketones is 1. The van der Waals surface area contributed by atoms with E-state index in [1.165, 1.54) is 6.08 Å². The molecule has 1 rings (SSSR count). The fraction of sp³-hybridized carbons (Fsp3) is 0.625. The summed E-state index contributed by atoms with van der Waals surface area (Å²) in [5, 5.41) is 0. The third kappa shape index (κ3) is 2.82. The predicted octanol–water partition coefficient (Wildman–Crippen LogP) is 0.893. The Hall–Kier alpha value is -0.670. The monoisotopic (exact) mass is 156 g/mol. The molecule has 1 aliphatic heterocycles. The van der Waals surface area contributed by atoms with Gasteiger partial charge in [0.15, 0.2) is 12.1 Å². The van der Waals surface area contributed by atoms with Crippen molar-refractivity contribution in [1.82, 2.24) is 0 Å². The van der Waals surface area contributed by atoms with Gasteiger partial charge < -0.3 is 9.47 Å². The van der Waals surface area contributed by atoms with Gasteiger partial charge in [-0.2, -0.15) is 0 Å². The molecule has 1 heterocycles. The Bertz CT molecular complexity index is 172. The van der Waals surface area contributed by atoms with Gasteiger partial charge in [0.2, 0.25) is 0 Å². The zero-order valence-corrected chi connectivity index (χ0v) is 6.74. The van der Waals surface area contributed by atoms with E-state index in [0.717, 1.165) is 0 Å². The van der Waals surface area contributed by atoms with Gasteiger partial charge in [0.05, 0.1) is 6.10 Å². The summed E-state index contributed by atoms with van der Waals surface area (Å²) < 4.78 is 10.3. The summed E-state index contributed by atoms with van der Waals surface area (Å²) in [5.74, 6) is -0.00592. The molecule has 0 unspecified atom stereocenters. The summed E-state index contributed by atoms with van der Waals surface area (Å²) in [4.78, 5) is 10.6. The second-order valence-corrected chi connectivity index (χ2v) is 2.69. The normalized spacial score (nSPS) is 24.6. The van der Waals surface area contributed by atoms with Gasteiger partial charge in [0.1, 0.15) is 6.61 Å². The van der Waals surface area contributed by atoms with Crippen LogP contribution in [-0.2, 0) is 14.3 Å². The van der Waals surface area contributed by atoms with Gasteiger partial charge in [-0.15, -0.1) is 0 Å². The van der Waals surface area contributed by atoms with E-state index < -0.39 is 0 Å².